The second-order valence-corrected chi connectivity index (χ2v) is 8.66. The van der Waals surface area contributed by atoms with Crippen LogP contribution in [0, 0.1) is 0 Å². The Labute approximate surface area is 146 Å². The van der Waals surface area contributed by atoms with Crippen LogP contribution in [0.15, 0.2) is 24.4 Å². The Balaban J connectivity index is 2.52. The van der Waals surface area contributed by atoms with Gasteiger partial charge in [0, 0.05) is 34.6 Å². The number of aliphatic carboxylic acids is 1. The number of nitrogens with zero attached hydrogens (tertiary/aromatic N) is 1. The number of Topliss-reactive ketones (excluding diaryl/α,β-unsaturated/α-hetero) is 1. The molecule has 0 unspecified atom stereocenters. The van der Waals surface area contributed by atoms with Crippen molar-refractivity contribution in [2.45, 2.75) is 32.7 Å². The van der Waals surface area contributed by atoms with Gasteiger partial charge in [0.15, 0.2) is 5.78 Å². The van der Waals surface area contributed by atoms with Crippen molar-refractivity contribution in [1.29, 1.82) is 0 Å². The molecule has 0 saturated heterocycles. The van der Waals surface area contributed by atoms with E-state index in [1.807, 2.05) is 26.0 Å². The number of carboxylic acids is 1. The summed E-state index contributed by atoms with van der Waals surface area (Å²) in [5, 5.41) is 9.70. The molecule has 0 saturated carbocycles. The number of carbonyl (C=O) groups excluding carboxylic acids is 1. The molecule has 0 aliphatic carbocycles. The predicted molar refractivity (Wildman–Crippen MR) is 95.5 cm³/mol. The van der Waals surface area contributed by atoms with Crippen molar-refractivity contribution in [3.63, 3.8) is 0 Å². The van der Waals surface area contributed by atoms with Gasteiger partial charge in [0.1, 0.15) is 6.54 Å². The van der Waals surface area contributed by atoms with Gasteiger partial charge in [-0.3, -0.25) is 9.59 Å². The van der Waals surface area contributed by atoms with Crippen LogP contribution >= 0.6 is 0 Å². The lowest BCUT2D eigenvalue weighted by atomic mass is 9.84. The van der Waals surface area contributed by atoms with E-state index in [9.17, 15) is 18.0 Å². The first kappa shape index (κ1) is 19.1. The first-order chi connectivity index (χ1) is 11.4. The van der Waals surface area contributed by atoms with Gasteiger partial charge >= 0.3 is 5.97 Å². The Morgan fingerprint density at radius 2 is 1.92 bits per heavy atom. The normalized spacial score (nSPS) is 12.5. The predicted octanol–water partition coefficient (Wildman–Crippen LogP) is 1.76. The van der Waals surface area contributed by atoms with Crippen molar-refractivity contribution >= 4 is 32.7 Å². The molecule has 25 heavy (non-hydrogen) atoms. The smallest absolute Gasteiger partial charge is 0.323 e. The first-order valence-electron chi connectivity index (χ1n) is 7.71. The number of carboxylic acid groups (broad SMARTS) is 1. The van der Waals surface area contributed by atoms with E-state index in [1.54, 1.807) is 12.3 Å². The zero-order valence-electron chi connectivity index (χ0n) is 14.7. The quantitative estimate of drug-likeness (QED) is 0.726. The third-order valence-corrected chi connectivity index (χ3v) is 4.79. The van der Waals surface area contributed by atoms with Gasteiger partial charge in [0.05, 0.1) is 6.26 Å². The summed E-state index contributed by atoms with van der Waals surface area (Å²) in [5.41, 5.74) is 1.46. The van der Waals surface area contributed by atoms with E-state index in [2.05, 4.69) is 4.72 Å². The van der Waals surface area contributed by atoms with E-state index in [0.29, 0.717) is 16.5 Å². The number of aromatic nitrogens is 1. The lowest BCUT2D eigenvalue weighted by Crippen LogP contribution is -2.36. The number of fused-ring (bicyclic) bond motifs is 1. The monoisotopic (exact) mass is 366 g/mol. The number of hydrogen-bond acceptors (Lipinski definition) is 4. The van der Waals surface area contributed by atoms with E-state index in [-0.39, 0.29) is 18.9 Å². The van der Waals surface area contributed by atoms with E-state index < -0.39 is 21.4 Å². The summed E-state index contributed by atoms with van der Waals surface area (Å²) in [6.45, 7) is 5.20. The number of sulfonamides is 1. The summed E-state index contributed by atoms with van der Waals surface area (Å²) in [7, 11) is -3.31. The van der Waals surface area contributed by atoms with Crippen LogP contribution in [-0.2, 0) is 26.8 Å². The Bertz CT molecular complexity index is 941. The molecule has 8 heteroatoms. The SMILES string of the molecule is CC(=O)c1cn(CC(=O)O)c2ccc(C(C)(C)CNS(C)(=O)=O)cc12. The van der Waals surface area contributed by atoms with E-state index in [0.717, 1.165) is 11.8 Å². The molecular weight excluding hydrogens is 344 g/mol. The molecule has 0 aliphatic rings. The number of benzene rings is 1. The molecule has 1 aromatic carbocycles. The molecule has 1 heterocycles. The number of carbonyl (C=O) groups is 2. The maximum Gasteiger partial charge on any atom is 0.323 e. The topological polar surface area (TPSA) is 105 Å². The molecule has 2 N–H and O–H groups in total. The second-order valence-electron chi connectivity index (χ2n) is 6.83. The first-order valence-corrected chi connectivity index (χ1v) is 9.60. The molecule has 2 aromatic rings. The van der Waals surface area contributed by atoms with Crippen LogP contribution in [0.25, 0.3) is 10.9 Å². The standard InChI is InChI=1S/C17H22N2O5S/c1-11(20)14-8-19(9-16(21)22)15-6-5-12(7-13(14)15)17(2,3)10-18-25(4,23)24/h5-8,18H,9-10H2,1-4H3,(H,21,22). The lowest BCUT2D eigenvalue weighted by molar-refractivity contribution is -0.137. The number of ketones is 1. The van der Waals surface area contributed by atoms with Crippen LogP contribution in [0.3, 0.4) is 0 Å². The molecule has 0 bridgehead atoms. The van der Waals surface area contributed by atoms with Gasteiger partial charge in [0.25, 0.3) is 0 Å². The third-order valence-electron chi connectivity index (χ3n) is 4.12. The van der Waals surface area contributed by atoms with Gasteiger partial charge in [-0.25, -0.2) is 13.1 Å². The van der Waals surface area contributed by atoms with Crippen LogP contribution in [-0.4, -0.2) is 42.6 Å². The molecule has 0 radical (unpaired) electrons. The summed E-state index contributed by atoms with van der Waals surface area (Å²) in [6.07, 6.45) is 2.65. The number of rotatable bonds is 7. The molecule has 136 valence electrons. The molecule has 2 rings (SSSR count). The van der Waals surface area contributed by atoms with Gasteiger partial charge in [-0.05, 0) is 24.6 Å². The van der Waals surface area contributed by atoms with E-state index >= 15 is 0 Å². The fraction of sp³-hybridized carbons (Fsp3) is 0.412. The zero-order valence-corrected chi connectivity index (χ0v) is 15.5. The van der Waals surface area contributed by atoms with Gasteiger partial charge in [0.2, 0.25) is 10.0 Å². The van der Waals surface area contributed by atoms with Crippen LogP contribution in [0.2, 0.25) is 0 Å². The molecule has 0 spiro atoms. The van der Waals surface area contributed by atoms with Crippen molar-refractivity contribution in [3.8, 4) is 0 Å². The number of nitrogens with one attached hydrogen (secondary N) is 1. The Hall–Kier alpha value is -2.19. The molecule has 0 amide bonds. The van der Waals surface area contributed by atoms with E-state index in [1.165, 1.54) is 11.5 Å². The largest absolute Gasteiger partial charge is 0.480 e. The molecule has 0 atom stereocenters. The fourth-order valence-electron chi connectivity index (χ4n) is 2.69. The summed E-state index contributed by atoms with van der Waals surface area (Å²) in [4.78, 5) is 23.0. The zero-order chi connectivity index (χ0) is 19.0. The molecule has 7 nitrogen and oxygen atoms in total. The van der Waals surface area contributed by atoms with Gasteiger partial charge < -0.3 is 9.67 Å². The minimum Gasteiger partial charge on any atom is -0.480 e. The highest BCUT2D eigenvalue weighted by atomic mass is 32.2. The van der Waals surface area contributed by atoms with Crippen LogP contribution in [0.4, 0.5) is 0 Å². The Kier molecular flexibility index (Phi) is 5.06. The Morgan fingerprint density at radius 3 is 2.44 bits per heavy atom. The van der Waals surface area contributed by atoms with Crippen LogP contribution < -0.4 is 4.72 Å². The van der Waals surface area contributed by atoms with E-state index in [4.69, 9.17) is 5.11 Å². The highest BCUT2D eigenvalue weighted by Gasteiger charge is 2.24. The second kappa shape index (κ2) is 6.61. The highest BCUT2D eigenvalue weighted by Crippen LogP contribution is 2.29. The average Bonchev–Trinajstić information content (AvgIpc) is 2.82. The van der Waals surface area contributed by atoms with Crippen molar-refractivity contribution in [2.75, 3.05) is 12.8 Å². The lowest BCUT2D eigenvalue weighted by Gasteiger charge is -2.25. The molecule has 0 aliphatic heterocycles. The number of hydrogen-bond donors (Lipinski definition) is 2. The van der Waals surface area contributed by atoms with Crippen LogP contribution in [0.1, 0.15) is 36.7 Å². The van der Waals surface area contributed by atoms with Crippen LogP contribution in [0.5, 0.6) is 0 Å². The summed E-state index contributed by atoms with van der Waals surface area (Å²) >= 11 is 0. The molecular formula is C17H22N2O5S. The van der Waals surface area contributed by atoms with Crippen molar-refractivity contribution in [2.24, 2.45) is 0 Å². The fourth-order valence-corrected chi connectivity index (χ4v) is 3.31. The van der Waals surface area contributed by atoms with Crippen molar-refractivity contribution in [3.05, 3.63) is 35.5 Å². The minimum absolute atomic E-state index is 0.154. The Morgan fingerprint density at radius 1 is 1.28 bits per heavy atom. The van der Waals surface area contributed by atoms with Gasteiger partial charge in [-0.2, -0.15) is 0 Å². The summed E-state index contributed by atoms with van der Waals surface area (Å²) < 4.78 is 26.7. The molecule has 0 fully saturated rings. The minimum atomic E-state index is -3.31. The van der Waals surface area contributed by atoms with Gasteiger partial charge in [-0.1, -0.05) is 19.9 Å². The summed E-state index contributed by atoms with van der Waals surface area (Å²) in [5.74, 6) is -1.15. The highest BCUT2D eigenvalue weighted by molar-refractivity contribution is 7.88. The molecule has 1 aromatic heterocycles. The van der Waals surface area contributed by atoms with Gasteiger partial charge in [-0.15, -0.1) is 0 Å². The maximum absolute atomic E-state index is 11.9. The van der Waals surface area contributed by atoms with Crippen molar-refractivity contribution in [1.82, 2.24) is 9.29 Å². The maximum atomic E-state index is 11.9. The van der Waals surface area contributed by atoms with Crippen molar-refractivity contribution < 1.29 is 23.1 Å². The third kappa shape index (κ3) is 4.46. The summed E-state index contributed by atoms with van der Waals surface area (Å²) in [6, 6.07) is 5.42. The average molecular weight is 366 g/mol.